The summed E-state index contributed by atoms with van der Waals surface area (Å²) < 4.78 is 10.8. The van der Waals surface area contributed by atoms with Gasteiger partial charge in [0.2, 0.25) is 5.91 Å². The summed E-state index contributed by atoms with van der Waals surface area (Å²) >= 11 is 0. The summed E-state index contributed by atoms with van der Waals surface area (Å²) in [5.74, 6) is 1.87. The number of methoxy groups -OCH3 is 1. The van der Waals surface area contributed by atoms with E-state index in [4.69, 9.17) is 9.47 Å². The molecule has 1 fully saturated rings. The van der Waals surface area contributed by atoms with Crippen molar-refractivity contribution in [3.8, 4) is 11.5 Å². The normalized spacial score (nSPS) is 18.8. The minimum absolute atomic E-state index is 0.0695. The van der Waals surface area contributed by atoms with E-state index < -0.39 is 0 Å². The molecule has 134 valence electrons. The molecule has 0 radical (unpaired) electrons. The Kier molecular flexibility index (Phi) is 4.65. The molecule has 2 aliphatic rings. The van der Waals surface area contributed by atoms with Gasteiger partial charge < -0.3 is 14.4 Å². The molecule has 4 rings (SSSR count). The average molecular weight is 349 g/mol. The lowest BCUT2D eigenvalue weighted by atomic mass is 10.0. The molecular formula is C22H23NO3. The van der Waals surface area contributed by atoms with Gasteiger partial charge in [0.15, 0.2) is 0 Å². The molecule has 0 aliphatic carbocycles. The average Bonchev–Trinajstić information content (AvgIpc) is 3.35. The lowest BCUT2D eigenvalue weighted by Crippen LogP contribution is -2.28. The maximum Gasteiger partial charge on any atom is 0.247 e. The van der Waals surface area contributed by atoms with Crippen LogP contribution in [0.4, 0.5) is 0 Å². The van der Waals surface area contributed by atoms with E-state index >= 15 is 0 Å². The minimum atomic E-state index is 0.0695. The molecule has 0 spiro atoms. The van der Waals surface area contributed by atoms with Crippen LogP contribution < -0.4 is 9.47 Å². The van der Waals surface area contributed by atoms with Crippen LogP contribution >= 0.6 is 0 Å². The third-order valence-corrected chi connectivity index (χ3v) is 5.17. The molecule has 0 bridgehead atoms. The predicted octanol–water partition coefficient (Wildman–Crippen LogP) is 4.01. The quantitative estimate of drug-likeness (QED) is 0.783. The third kappa shape index (κ3) is 3.32. The van der Waals surface area contributed by atoms with Gasteiger partial charge in [-0.3, -0.25) is 4.79 Å². The molecule has 2 aliphatic heterocycles. The van der Waals surface area contributed by atoms with Crippen molar-refractivity contribution in [2.75, 3.05) is 20.3 Å². The summed E-state index contributed by atoms with van der Waals surface area (Å²) in [5, 5.41) is 0. The van der Waals surface area contributed by atoms with Crippen LogP contribution in [-0.4, -0.2) is 31.1 Å². The number of benzene rings is 2. The van der Waals surface area contributed by atoms with Crippen LogP contribution in [0.5, 0.6) is 11.5 Å². The fourth-order valence-corrected chi connectivity index (χ4v) is 3.78. The van der Waals surface area contributed by atoms with Crippen molar-refractivity contribution < 1.29 is 14.3 Å². The van der Waals surface area contributed by atoms with E-state index in [-0.39, 0.29) is 11.9 Å². The summed E-state index contributed by atoms with van der Waals surface area (Å²) in [6, 6.07) is 14.3. The Morgan fingerprint density at radius 3 is 2.88 bits per heavy atom. The minimum Gasteiger partial charge on any atom is -0.497 e. The fourth-order valence-electron chi connectivity index (χ4n) is 3.78. The van der Waals surface area contributed by atoms with E-state index in [1.54, 1.807) is 13.2 Å². The number of amides is 1. The second-order valence-corrected chi connectivity index (χ2v) is 6.76. The highest BCUT2D eigenvalue weighted by molar-refractivity contribution is 5.92. The number of carbonyl (C=O) groups excluding carboxylic acids is 1. The summed E-state index contributed by atoms with van der Waals surface area (Å²) in [5.41, 5.74) is 3.43. The van der Waals surface area contributed by atoms with Crippen LogP contribution in [-0.2, 0) is 11.2 Å². The number of hydrogen-bond donors (Lipinski definition) is 0. The van der Waals surface area contributed by atoms with E-state index in [0.29, 0.717) is 0 Å². The van der Waals surface area contributed by atoms with Gasteiger partial charge in [-0.15, -0.1) is 0 Å². The lowest BCUT2D eigenvalue weighted by Gasteiger charge is -2.24. The molecule has 0 saturated carbocycles. The first-order valence-electron chi connectivity index (χ1n) is 9.13. The van der Waals surface area contributed by atoms with Gasteiger partial charge in [0.05, 0.1) is 19.8 Å². The molecule has 4 heteroatoms. The van der Waals surface area contributed by atoms with E-state index in [1.165, 1.54) is 11.1 Å². The first kappa shape index (κ1) is 16.7. The van der Waals surface area contributed by atoms with Gasteiger partial charge in [-0.25, -0.2) is 0 Å². The number of likely N-dealkylation sites (tertiary alicyclic amines) is 1. The van der Waals surface area contributed by atoms with Gasteiger partial charge in [-0.05, 0) is 59.9 Å². The smallest absolute Gasteiger partial charge is 0.247 e. The number of ether oxygens (including phenoxy) is 2. The summed E-state index contributed by atoms with van der Waals surface area (Å²) in [6.07, 6.45) is 6.58. The van der Waals surface area contributed by atoms with Crippen LogP contribution in [0.1, 0.15) is 35.6 Å². The Morgan fingerprint density at radius 1 is 1.23 bits per heavy atom. The van der Waals surface area contributed by atoms with Crippen LogP contribution in [0.3, 0.4) is 0 Å². The zero-order chi connectivity index (χ0) is 17.9. The number of rotatable bonds is 4. The SMILES string of the molecule is COc1ccc(C2CCCN2C(=O)/C=C/c2ccc3c(c2)CCO3)cc1. The predicted molar refractivity (Wildman–Crippen MR) is 101 cm³/mol. The molecular weight excluding hydrogens is 326 g/mol. The lowest BCUT2D eigenvalue weighted by molar-refractivity contribution is -0.126. The maximum absolute atomic E-state index is 12.7. The zero-order valence-corrected chi connectivity index (χ0v) is 15.0. The van der Waals surface area contributed by atoms with Crippen LogP contribution in [0.15, 0.2) is 48.5 Å². The van der Waals surface area contributed by atoms with Crippen molar-refractivity contribution in [2.45, 2.75) is 25.3 Å². The van der Waals surface area contributed by atoms with Crippen LogP contribution in [0, 0.1) is 0 Å². The van der Waals surface area contributed by atoms with Gasteiger partial charge in [-0.1, -0.05) is 18.2 Å². The second kappa shape index (κ2) is 7.24. The molecule has 2 aromatic carbocycles. The molecule has 1 atom stereocenters. The highest BCUT2D eigenvalue weighted by Gasteiger charge is 2.28. The first-order valence-corrected chi connectivity index (χ1v) is 9.13. The number of hydrogen-bond acceptors (Lipinski definition) is 3. The summed E-state index contributed by atoms with van der Waals surface area (Å²) in [4.78, 5) is 14.7. The zero-order valence-electron chi connectivity index (χ0n) is 15.0. The van der Waals surface area contributed by atoms with Crippen molar-refractivity contribution in [1.82, 2.24) is 4.90 Å². The number of carbonyl (C=O) groups is 1. The Hall–Kier alpha value is -2.75. The number of nitrogens with zero attached hydrogens (tertiary/aromatic N) is 1. The standard InChI is InChI=1S/C22H23NO3/c1-25-19-8-6-17(7-9-19)20-3-2-13-23(20)22(24)11-5-16-4-10-21-18(15-16)12-14-26-21/h4-11,15,20H,2-3,12-14H2,1H3/b11-5+. The molecule has 4 nitrogen and oxygen atoms in total. The summed E-state index contributed by atoms with van der Waals surface area (Å²) in [7, 11) is 1.66. The molecule has 0 aromatic heterocycles. The molecule has 26 heavy (non-hydrogen) atoms. The van der Waals surface area contributed by atoms with Gasteiger partial charge in [0, 0.05) is 19.0 Å². The summed E-state index contributed by atoms with van der Waals surface area (Å²) in [6.45, 7) is 1.55. The van der Waals surface area contributed by atoms with E-state index in [9.17, 15) is 4.79 Å². The number of fused-ring (bicyclic) bond motifs is 1. The largest absolute Gasteiger partial charge is 0.497 e. The molecule has 2 heterocycles. The Morgan fingerprint density at radius 2 is 2.08 bits per heavy atom. The highest BCUT2D eigenvalue weighted by Crippen LogP contribution is 2.33. The van der Waals surface area contributed by atoms with Crippen molar-refractivity contribution in [1.29, 1.82) is 0 Å². The van der Waals surface area contributed by atoms with Gasteiger partial charge in [0.1, 0.15) is 11.5 Å². The monoisotopic (exact) mass is 349 g/mol. The van der Waals surface area contributed by atoms with Gasteiger partial charge >= 0.3 is 0 Å². The van der Waals surface area contributed by atoms with E-state index in [2.05, 4.69) is 18.2 Å². The van der Waals surface area contributed by atoms with Crippen LogP contribution in [0.2, 0.25) is 0 Å². The van der Waals surface area contributed by atoms with Crippen molar-refractivity contribution in [3.63, 3.8) is 0 Å². The van der Waals surface area contributed by atoms with E-state index in [1.807, 2.05) is 35.2 Å². The van der Waals surface area contributed by atoms with Crippen molar-refractivity contribution in [3.05, 3.63) is 65.2 Å². The molecule has 1 unspecified atom stereocenters. The Balaban J connectivity index is 1.47. The maximum atomic E-state index is 12.7. The highest BCUT2D eigenvalue weighted by atomic mass is 16.5. The molecule has 1 amide bonds. The second-order valence-electron chi connectivity index (χ2n) is 6.76. The van der Waals surface area contributed by atoms with Gasteiger partial charge in [-0.2, -0.15) is 0 Å². The van der Waals surface area contributed by atoms with Gasteiger partial charge in [0.25, 0.3) is 0 Å². The Labute approximate surface area is 154 Å². The molecule has 1 saturated heterocycles. The molecule has 0 N–H and O–H groups in total. The molecule has 2 aromatic rings. The third-order valence-electron chi connectivity index (χ3n) is 5.17. The van der Waals surface area contributed by atoms with Crippen LogP contribution in [0.25, 0.3) is 6.08 Å². The van der Waals surface area contributed by atoms with Crippen molar-refractivity contribution in [2.24, 2.45) is 0 Å². The van der Waals surface area contributed by atoms with Crippen molar-refractivity contribution >= 4 is 12.0 Å². The fraction of sp³-hybridized carbons (Fsp3) is 0.318. The topological polar surface area (TPSA) is 38.8 Å². The Bertz CT molecular complexity index is 826. The first-order chi connectivity index (χ1) is 12.7. The van der Waals surface area contributed by atoms with E-state index in [0.717, 1.165) is 49.5 Å².